The number of hydrogen-bond donors (Lipinski definition) is 1. The molecule has 1 atom stereocenters. The maximum atomic E-state index is 12.3. The van der Waals surface area contributed by atoms with E-state index >= 15 is 0 Å². The van der Waals surface area contributed by atoms with Crippen LogP contribution in [0.4, 0.5) is 8.78 Å². The molecule has 0 aromatic heterocycles. The van der Waals surface area contributed by atoms with E-state index in [0.29, 0.717) is 9.87 Å². The number of halogens is 2. The van der Waals surface area contributed by atoms with Crippen LogP contribution in [0.1, 0.15) is 18.5 Å². The highest BCUT2D eigenvalue weighted by Crippen LogP contribution is 2.25. The molecular formula is C10H13F2NO3S. The van der Waals surface area contributed by atoms with Crippen molar-refractivity contribution >= 4 is 10.0 Å². The average Bonchev–Trinajstić information content (AvgIpc) is 2.27. The van der Waals surface area contributed by atoms with Crippen molar-refractivity contribution in [3.8, 4) is 5.75 Å². The van der Waals surface area contributed by atoms with Crippen molar-refractivity contribution in [1.29, 1.82) is 0 Å². The number of phenols is 1. The molecule has 0 radical (unpaired) electrons. The number of phenolic OH excluding ortho intramolecular Hbond substituents is 1. The summed E-state index contributed by atoms with van der Waals surface area (Å²) < 4.78 is 47.8. The zero-order valence-electron chi connectivity index (χ0n) is 9.34. The van der Waals surface area contributed by atoms with Gasteiger partial charge in [0.1, 0.15) is 5.75 Å². The van der Waals surface area contributed by atoms with E-state index < -0.39 is 21.8 Å². The Morgan fingerprint density at radius 1 is 1.24 bits per heavy atom. The van der Waals surface area contributed by atoms with Gasteiger partial charge < -0.3 is 5.11 Å². The van der Waals surface area contributed by atoms with E-state index in [4.69, 9.17) is 5.11 Å². The summed E-state index contributed by atoms with van der Waals surface area (Å²) in [7, 11) is -3.50. The van der Waals surface area contributed by atoms with Gasteiger partial charge in [-0.15, -0.1) is 0 Å². The smallest absolute Gasteiger partial charge is 0.350 e. The molecule has 0 bridgehead atoms. The number of nitrogens with zero attached hydrogens (tertiary/aromatic N) is 1. The van der Waals surface area contributed by atoms with Crippen molar-refractivity contribution in [3.63, 3.8) is 0 Å². The Morgan fingerprint density at radius 2 is 1.71 bits per heavy atom. The van der Waals surface area contributed by atoms with E-state index in [1.807, 2.05) is 0 Å². The van der Waals surface area contributed by atoms with Gasteiger partial charge in [0.25, 0.3) is 10.0 Å². The summed E-state index contributed by atoms with van der Waals surface area (Å²) in [5.41, 5.74) is 0.523. The van der Waals surface area contributed by atoms with Gasteiger partial charge >= 0.3 is 5.76 Å². The zero-order valence-corrected chi connectivity index (χ0v) is 10.2. The minimum Gasteiger partial charge on any atom is -0.508 e. The maximum absolute atomic E-state index is 12.3. The van der Waals surface area contributed by atoms with Crippen LogP contribution in [-0.2, 0) is 10.0 Å². The predicted molar refractivity (Wildman–Crippen MR) is 59.2 cm³/mol. The van der Waals surface area contributed by atoms with Gasteiger partial charge in [-0.1, -0.05) is 12.1 Å². The van der Waals surface area contributed by atoms with E-state index in [0.717, 1.165) is 7.05 Å². The highest BCUT2D eigenvalue weighted by atomic mass is 32.2. The Hall–Kier alpha value is -1.21. The fraction of sp³-hybridized carbons (Fsp3) is 0.400. The molecule has 1 aromatic rings. The molecular weight excluding hydrogens is 252 g/mol. The van der Waals surface area contributed by atoms with Crippen LogP contribution >= 0.6 is 0 Å². The van der Waals surface area contributed by atoms with Gasteiger partial charge in [-0.25, -0.2) is 8.42 Å². The van der Waals surface area contributed by atoms with Crippen LogP contribution in [0.15, 0.2) is 24.3 Å². The Morgan fingerprint density at radius 3 is 2.12 bits per heavy atom. The van der Waals surface area contributed by atoms with Gasteiger partial charge in [-0.3, -0.25) is 0 Å². The van der Waals surface area contributed by atoms with Crippen LogP contribution in [0.25, 0.3) is 0 Å². The lowest BCUT2D eigenvalue weighted by Gasteiger charge is -2.24. The molecule has 0 heterocycles. The highest BCUT2D eigenvalue weighted by Gasteiger charge is 2.32. The van der Waals surface area contributed by atoms with Gasteiger partial charge in [-0.05, 0) is 24.6 Å². The van der Waals surface area contributed by atoms with E-state index in [1.165, 1.54) is 31.2 Å². The maximum Gasteiger partial charge on any atom is 0.350 e. The van der Waals surface area contributed by atoms with Crippen LogP contribution in [0.5, 0.6) is 5.75 Å². The van der Waals surface area contributed by atoms with Crippen LogP contribution in [0, 0.1) is 0 Å². The minimum atomic E-state index is -4.60. The zero-order chi connectivity index (χ0) is 13.2. The summed E-state index contributed by atoms with van der Waals surface area (Å²) in [6.45, 7) is 1.49. The second-order valence-electron chi connectivity index (χ2n) is 3.59. The van der Waals surface area contributed by atoms with Gasteiger partial charge in [0.15, 0.2) is 0 Å². The summed E-state index contributed by atoms with van der Waals surface area (Å²) >= 11 is 0. The quantitative estimate of drug-likeness (QED) is 0.905. The standard InChI is InChI=1S/C10H13F2NO3S/c1-7(8-3-5-9(14)6-4-8)13(2)17(15,16)10(11)12/h3-7,10,14H,1-2H3. The molecule has 0 aliphatic heterocycles. The van der Waals surface area contributed by atoms with Gasteiger partial charge in [0.2, 0.25) is 0 Å². The predicted octanol–water partition coefficient (Wildman–Crippen LogP) is 1.94. The first-order valence-electron chi connectivity index (χ1n) is 4.80. The number of benzene rings is 1. The molecule has 0 aliphatic rings. The number of aromatic hydroxyl groups is 1. The normalized spacial score (nSPS) is 14.2. The first-order chi connectivity index (χ1) is 7.76. The molecule has 0 saturated heterocycles. The van der Waals surface area contributed by atoms with Crippen LogP contribution in [0.3, 0.4) is 0 Å². The first kappa shape index (κ1) is 13.9. The van der Waals surface area contributed by atoms with E-state index in [1.54, 1.807) is 0 Å². The largest absolute Gasteiger partial charge is 0.508 e. The fourth-order valence-electron chi connectivity index (χ4n) is 1.31. The Kier molecular flexibility index (Phi) is 4.05. The Balaban J connectivity index is 2.98. The molecule has 1 rings (SSSR count). The van der Waals surface area contributed by atoms with Crippen molar-refractivity contribution in [3.05, 3.63) is 29.8 Å². The molecule has 0 amide bonds. The third-order valence-corrected chi connectivity index (χ3v) is 4.12. The van der Waals surface area contributed by atoms with E-state index in [-0.39, 0.29) is 5.75 Å². The molecule has 96 valence electrons. The lowest BCUT2D eigenvalue weighted by molar-refractivity contribution is 0.217. The van der Waals surface area contributed by atoms with Gasteiger partial charge in [0, 0.05) is 13.1 Å². The lowest BCUT2D eigenvalue weighted by atomic mass is 10.1. The molecule has 0 spiro atoms. The van der Waals surface area contributed by atoms with E-state index in [2.05, 4.69) is 0 Å². The molecule has 0 fully saturated rings. The van der Waals surface area contributed by atoms with Crippen molar-refractivity contribution < 1.29 is 22.3 Å². The second kappa shape index (κ2) is 4.97. The molecule has 0 saturated carbocycles. The van der Waals surface area contributed by atoms with Crippen LogP contribution < -0.4 is 0 Å². The molecule has 0 aliphatic carbocycles. The topological polar surface area (TPSA) is 57.6 Å². The van der Waals surface area contributed by atoms with Crippen molar-refractivity contribution in [2.45, 2.75) is 18.7 Å². The average molecular weight is 265 g/mol. The second-order valence-corrected chi connectivity index (χ2v) is 5.55. The molecule has 1 aromatic carbocycles. The number of rotatable bonds is 4. The summed E-state index contributed by atoms with van der Waals surface area (Å²) in [6.07, 6.45) is 0. The Labute approximate surface area is 98.5 Å². The minimum absolute atomic E-state index is 0.0281. The third kappa shape index (κ3) is 2.92. The summed E-state index contributed by atoms with van der Waals surface area (Å²) in [4.78, 5) is 0. The van der Waals surface area contributed by atoms with Crippen molar-refractivity contribution in [1.82, 2.24) is 4.31 Å². The summed E-state index contributed by atoms with van der Waals surface area (Å²) in [6, 6.07) is 4.98. The number of hydrogen-bond acceptors (Lipinski definition) is 3. The fourth-order valence-corrected chi connectivity index (χ4v) is 2.12. The van der Waals surface area contributed by atoms with Gasteiger partial charge in [0.05, 0.1) is 0 Å². The molecule has 1 N–H and O–H groups in total. The molecule has 4 nitrogen and oxygen atoms in total. The number of sulfonamides is 1. The van der Waals surface area contributed by atoms with E-state index in [9.17, 15) is 17.2 Å². The van der Waals surface area contributed by atoms with Crippen molar-refractivity contribution in [2.24, 2.45) is 0 Å². The lowest BCUT2D eigenvalue weighted by Crippen LogP contribution is -2.34. The van der Waals surface area contributed by atoms with Crippen molar-refractivity contribution in [2.75, 3.05) is 7.05 Å². The van der Waals surface area contributed by atoms with Gasteiger partial charge in [-0.2, -0.15) is 13.1 Å². The molecule has 7 heteroatoms. The first-order valence-corrected chi connectivity index (χ1v) is 6.31. The monoisotopic (exact) mass is 265 g/mol. The van der Waals surface area contributed by atoms with Crippen LogP contribution in [-0.4, -0.2) is 30.6 Å². The number of alkyl halides is 2. The SMILES string of the molecule is CC(c1ccc(O)cc1)N(C)S(=O)(=O)C(F)F. The Bertz CT molecular complexity index is 473. The third-order valence-electron chi connectivity index (χ3n) is 2.55. The summed E-state index contributed by atoms with van der Waals surface area (Å²) in [5.74, 6) is -3.41. The molecule has 1 unspecified atom stereocenters. The molecule has 17 heavy (non-hydrogen) atoms. The summed E-state index contributed by atoms with van der Waals surface area (Å²) in [5, 5.41) is 9.07. The van der Waals surface area contributed by atoms with Crippen LogP contribution in [0.2, 0.25) is 0 Å². The highest BCUT2D eigenvalue weighted by molar-refractivity contribution is 7.89.